The number of nitrogens with zero attached hydrogens (tertiary/aromatic N) is 2. The average molecular weight is 484 g/mol. The minimum Gasteiger partial charge on any atom is -0.489 e. The Kier molecular flexibility index (Phi) is 5.85. The van der Waals surface area contributed by atoms with Gasteiger partial charge in [-0.15, -0.1) is 0 Å². The van der Waals surface area contributed by atoms with E-state index in [-0.39, 0.29) is 29.0 Å². The second-order valence-corrected chi connectivity index (χ2v) is 9.56. The van der Waals surface area contributed by atoms with Crippen LogP contribution in [0.15, 0.2) is 47.0 Å². The van der Waals surface area contributed by atoms with Crippen LogP contribution in [0.1, 0.15) is 35.5 Å². The van der Waals surface area contributed by atoms with Crippen molar-refractivity contribution in [2.45, 2.75) is 31.8 Å². The molecule has 1 aromatic heterocycles. The van der Waals surface area contributed by atoms with Gasteiger partial charge in [-0.25, -0.2) is 4.79 Å². The molecule has 0 radical (unpaired) electrons. The number of halogens is 1. The van der Waals surface area contributed by atoms with Crippen LogP contribution in [0.25, 0.3) is 10.8 Å². The molecule has 2 heterocycles. The van der Waals surface area contributed by atoms with Gasteiger partial charge < -0.3 is 24.6 Å². The second kappa shape index (κ2) is 8.83. The number of amides is 2. The molecule has 1 saturated heterocycles. The van der Waals surface area contributed by atoms with Gasteiger partial charge in [0.05, 0.1) is 0 Å². The number of rotatable bonds is 5. The third-order valence-electron chi connectivity index (χ3n) is 7.42. The van der Waals surface area contributed by atoms with Crippen molar-refractivity contribution in [2.24, 2.45) is 11.3 Å². The Bertz CT molecular complexity index is 1230. The summed E-state index contributed by atoms with van der Waals surface area (Å²) in [4.78, 5) is 24.8. The van der Waals surface area contributed by atoms with Crippen LogP contribution in [0.3, 0.4) is 0 Å². The Hall–Kier alpha value is -3.26. The highest BCUT2D eigenvalue weighted by Gasteiger charge is 2.56. The number of carbonyl (C=O) groups is 2. The maximum atomic E-state index is 11.9. The number of carboxylic acid groups (broad SMARTS) is 1. The van der Waals surface area contributed by atoms with Gasteiger partial charge in [0.15, 0.2) is 5.69 Å². The molecular weight excluding hydrogens is 458 g/mol. The van der Waals surface area contributed by atoms with Crippen LogP contribution in [0, 0.1) is 11.3 Å². The standard InChI is InChI=1S/C25H26ClN3O5/c1-27-23(30)20-13-15(34-28-20)12-18-22(14-25(18)8-10-29(11-9-25)24(31)32)33-21-7-6-19(26)16-4-2-3-5-17(16)21/h2-7,13,18,22H,8-12,14H2,1H3,(H,27,30)(H,31,32). The topological polar surface area (TPSA) is 105 Å². The lowest BCUT2D eigenvalue weighted by Crippen LogP contribution is -2.59. The van der Waals surface area contributed by atoms with Gasteiger partial charge in [0.1, 0.15) is 17.6 Å². The van der Waals surface area contributed by atoms with Crippen molar-refractivity contribution >= 4 is 34.4 Å². The molecule has 9 heteroatoms. The zero-order chi connectivity index (χ0) is 23.9. The number of hydrogen-bond acceptors (Lipinski definition) is 5. The molecular formula is C25H26ClN3O5. The van der Waals surface area contributed by atoms with Gasteiger partial charge >= 0.3 is 6.09 Å². The van der Waals surface area contributed by atoms with Gasteiger partial charge in [0.2, 0.25) is 0 Å². The molecule has 2 unspecified atom stereocenters. The number of nitrogens with one attached hydrogen (secondary N) is 1. The van der Waals surface area contributed by atoms with E-state index in [1.165, 1.54) is 4.90 Å². The van der Waals surface area contributed by atoms with Crippen molar-refractivity contribution in [3.63, 3.8) is 0 Å². The summed E-state index contributed by atoms with van der Waals surface area (Å²) < 4.78 is 12.0. The predicted molar refractivity (Wildman–Crippen MR) is 126 cm³/mol. The lowest BCUT2D eigenvalue weighted by molar-refractivity contribution is -0.121. The molecule has 8 nitrogen and oxygen atoms in total. The number of likely N-dealkylation sites (tertiary alicyclic amines) is 1. The SMILES string of the molecule is CNC(=O)c1cc(CC2C(Oc3ccc(Cl)c4ccccc34)CC23CCN(C(=O)O)CC3)on1. The molecule has 2 aromatic carbocycles. The van der Waals surface area contributed by atoms with Gasteiger partial charge in [-0.05, 0) is 36.8 Å². The highest BCUT2D eigenvalue weighted by molar-refractivity contribution is 6.35. The molecule has 3 aromatic rings. The van der Waals surface area contributed by atoms with E-state index < -0.39 is 6.09 Å². The summed E-state index contributed by atoms with van der Waals surface area (Å²) in [5, 5.41) is 18.4. The van der Waals surface area contributed by atoms with Crippen LogP contribution in [-0.4, -0.2) is 53.4 Å². The lowest BCUT2D eigenvalue weighted by atomic mass is 9.52. The predicted octanol–water partition coefficient (Wildman–Crippen LogP) is 4.61. The molecule has 1 aliphatic heterocycles. The fourth-order valence-corrected chi connectivity index (χ4v) is 5.71. The second-order valence-electron chi connectivity index (χ2n) is 9.15. The number of ether oxygens (including phenoxy) is 1. The summed E-state index contributed by atoms with van der Waals surface area (Å²) in [5.74, 6) is 1.20. The van der Waals surface area contributed by atoms with Crippen LogP contribution in [0.5, 0.6) is 5.75 Å². The fraction of sp³-hybridized carbons (Fsp3) is 0.400. The average Bonchev–Trinajstić information content (AvgIpc) is 3.33. The smallest absolute Gasteiger partial charge is 0.407 e. The molecule has 1 spiro atoms. The minimum absolute atomic E-state index is 0.0428. The molecule has 1 saturated carbocycles. The number of piperidine rings is 1. The normalized spacial score (nSPS) is 21.3. The first-order valence-electron chi connectivity index (χ1n) is 11.4. The van der Waals surface area contributed by atoms with Gasteiger partial charge in [-0.3, -0.25) is 4.79 Å². The van der Waals surface area contributed by atoms with Crippen molar-refractivity contribution in [1.82, 2.24) is 15.4 Å². The number of fused-ring (bicyclic) bond motifs is 1. The highest BCUT2D eigenvalue weighted by atomic mass is 35.5. The molecule has 2 atom stereocenters. The first-order chi connectivity index (χ1) is 16.4. The largest absolute Gasteiger partial charge is 0.489 e. The zero-order valence-electron chi connectivity index (χ0n) is 18.8. The third-order valence-corrected chi connectivity index (χ3v) is 7.75. The summed E-state index contributed by atoms with van der Waals surface area (Å²) in [6.07, 6.45) is 1.97. The van der Waals surface area contributed by atoms with E-state index in [9.17, 15) is 14.7 Å². The Morgan fingerprint density at radius 2 is 1.97 bits per heavy atom. The molecule has 2 fully saturated rings. The van der Waals surface area contributed by atoms with Crippen LogP contribution in [-0.2, 0) is 6.42 Å². The molecule has 2 aliphatic rings. The molecule has 2 N–H and O–H groups in total. The van der Waals surface area contributed by atoms with E-state index in [4.69, 9.17) is 20.9 Å². The van der Waals surface area contributed by atoms with Crippen LogP contribution < -0.4 is 10.1 Å². The van der Waals surface area contributed by atoms with E-state index in [0.29, 0.717) is 30.3 Å². The first kappa shape index (κ1) is 22.5. The van der Waals surface area contributed by atoms with Crippen molar-refractivity contribution in [3.05, 3.63) is 58.9 Å². The van der Waals surface area contributed by atoms with E-state index in [1.54, 1.807) is 13.1 Å². The fourth-order valence-electron chi connectivity index (χ4n) is 5.48. The van der Waals surface area contributed by atoms with Crippen LogP contribution in [0.2, 0.25) is 5.02 Å². The molecule has 178 valence electrons. The Balaban J connectivity index is 1.41. The van der Waals surface area contributed by atoms with Crippen molar-refractivity contribution in [3.8, 4) is 5.75 Å². The maximum Gasteiger partial charge on any atom is 0.407 e. The van der Waals surface area contributed by atoms with Crippen molar-refractivity contribution in [1.29, 1.82) is 0 Å². The van der Waals surface area contributed by atoms with Gasteiger partial charge in [0.25, 0.3) is 5.91 Å². The summed E-state index contributed by atoms with van der Waals surface area (Å²) in [6.45, 7) is 1.00. The summed E-state index contributed by atoms with van der Waals surface area (Å²) in [6, 6.07) is 13.3. The highest BCUT2D eigenvalue weighted by Crippen LogP contribution is 2.56. The first-order valence-corrected chi connectivity index (χ1v) is 11.8. The molecule has 34 heavy (non-hydrogen) atoms. The van der Waals surface area contributed by atoms with Crippen molar-refractivity contribution < 1.29 is 24.0 Å². The minimum atomic E-state index is -0.878. The number of benzene rings is 2. The monoisotopic (exact) mass is 483 g/mol. The Morgan fingerprint density at radius 3 is 2.68 bits per heavy atom. The number of aromatic nitrogens is 1. The summed E-state index contributed by atoms with van der Waals surface area (Å²) in [7, 11) is 1.55. The van der Waals surface area contributed by atoms with Crippen LogP contribution >= 0.6 is 11.6 Å². The van der Waals surface area contributed by atoms with E-state index in [0.717, 1.165) is 35.8 Å². The maximum absolute atomic E-state index is 11.9. The van der Waals surface area contributed by atoms with E-state index in [1.807, 2.05) is 36.4 Å². The van der Waals surface area contributed by atoms with Gasteiger partial charge in [-0.1, -0.05) is 41.0 Å². The Morgan fingerprint density at radius 1 is 1.24 bits per heavy atom. The quantitative estimate of drug-likeness (QED) is 0.549. The third kappa shape index (κ3) is 3.96. The molecule has 0 bridgehead atoms. The van der Waals surface area contributed by atoms with Gasteiger partial charge in [-0.2, -0.15) is 0 Å². The summed E-state index contributed by atoms with van der Waals surface area (Å²) in [5.41, 5.74) is 0.200. The van der Waals surface area contributed by atoms with E-state index >= 15 is 0 Å². The zero-order valence-corrected chi connectivity index (χ0v) is 19.5. The molecule has 2 amide bonds. The van der Waals surface area contributed by atoms with Crippen LogP contribution in [0.4, 0.5) is 4.79 Å². The van der Waals surface area contributed by atoms with Crippen molar-refractivity contribution in [2.75, 3.05) is 20.1 Å². The Labute approximate surface area is 201 Å². The molecule has 1 aliphatic carbocycles. The van der Waals surface area contributed by atoms with E-state index in [2.05, 4.69) is 10.5 Å². The summed E-state index contributed by atoms with van der Waals surface area (Å²) >= 11 is 6.38. The number of hydrogen-bond donors (Lipinski definition) is 2. The van der Waals surface area contributed by atoms with Gasteiger partial charge in [0, 0.05) is 54.3 Å². The molecule has 5 rings (SSSR count). The number of carbonyl (C=O) groups excluding carboxylic acids is 1. The lowest BCUT2D eigenvalue weighted by Gasteiger charge is -2.57.